The van der Waals surface area contributed by atoms with Crippen molar-refractivity contribution in [1.29, 1.82) is 0 Å². The number of carbonyl (C=O) groups is 1. The second-order valence-corrected chi connectivity index (χ2v) is 5.49. The van der Waals surface area contributed by atoms with E-state index in [1.807, 2.05) is 0 Å². The topological polar surface area (TPSA) is 163 Å². The van der Waals surface area contributed by atoms with Crippen molar-refractivity contribution in [2.24, 2.45) is 0 Å². The largest absolute Gasteiger partial charge is 0.497 e. The number of rotatable bonds is 5. The summed E-state index contributed by atoms with van der Waals surface area (Å²) < 4.78 is 10.4. The molecule has 0 spiro atoms. The molecule has 0 fully saturated rings. The number of hydrogen-bond donors (Lipinski definition) is 1. The molecule has 3 aromatic rings. The van der Waals surface area contributed by atoms with E-state index in [0.717, 1.165) is 18.2 Å². The smallest absolute Gasteiger partial charge is 0.359 e. The number of aromatic carboxylic acids is 1. The second-order valence-electron chi connectivity index (χ2n) is 5.49. The molecule has 0 bridgehead atoms. The Balaban J connectivity index is 2.54. The summed E-state index contributed by atoms with van der Waals surface area (Å²) in [5.41, 5.74) is -4.00. The van der Waals surface area contributed by atoms with E-state index in [-0.39, 0.29) is 11.1 Å². The highest BCUT2D eigenvalue weighted by molar-refractivity contribution is 6.02. The molecule has 1 heterocycles. The van der Waals surface area contributed by atoms with Crippen molar-refractivity contribution in [1.82, 2.24) is 0 Å². The predicted octanol–water partition coefficient (Wildman–Crippen LogP) is 2.98. The fraction of sp³-hybridized carbons (Fsp3) is 0.0588. The standard InChI is InChI=1S/C17H10N2O9/c1-27-8-5-6-12(18(23)24)11(7-8)16-13(19(25)26)14(20)9-3-2-4-10(17(21)22)15(9)28-16/h2-7H,1H3,(H,21,22). The van der Waals surface area contributed by atoms with Gasteiger partial charge in [0.05, 0.1) is 22.3 Å². The minimum atomic E-state index is -1.44. The zero-order chi connectivity index (χ0) is 20.6. The lowest BCUT2D eigenvalue weighted by Gasteiger charge is -2.08. The molecule has 0 amide bonds. The number of nitro groups is 2. The number of nitrogens with zero attached hydrogens (tertiary/aromatic N) is 2. The maximum Gasteiger partial charge on any atom is 0.359 e. The molecule has 0 aliphatic carbocycles. The molecular weight excluding hydrogens is 376 g/mol. The molecule has 3 rings (SSSR count). The van der Waals surface area contributed by atoms with Crippen LogP contribution < -0.4 is 10.2 Å². The van der Waals surface area contributed by atoms with Crippen LogP contribution in [0.4, 0.5) is 11.4 Å². The lowest BCUT2D eigenvalue weighted by Crippen LogP contribution is -2.12. The Morgan fingerprint density at radius 2 is 1.86 bits per heavy atom. The monoisotopic (exact) mass is 386 g/mol. The zero-order valence-corrected chi connectivity index (χ0v) is 14.1. The summed E-state index contributed by atoms with van der Waals surface area (Å²) >= 11 is 0. The summed E-state index contributed by atoms with van der Waals surface area (Å²) in [4.78, 5) is 45.2. The van der Waals surface area contributed by atoms with Crippen LogP contribution in [-0.4, -0.2) is 28.0 Å². The summed E-state index contributed by atoms with van der Waals surface area (Å²) in [6.45, 7) is 0. The first-order valence-corrected chi connectivity index (χ1v) is 7.56. The molecule has 0 saturated heterocycles. The third-order valence-corrected chi connectivity index (χ3v) is 3.95. The minimum absolute atomic E-state index is 0.115. The predicted molar refractivity (Wildman–Crippen MR) is 94.7 cm³/mol. The van der Waals surface area contributed by atoms with Crippen LogP contribution in [0.5, 0.6) is 5.75 Å². The molecule has 1 N–H and O–H groups in total. The average molecular weight is 386 g/mol. The number of carboxylic acids is 1. The number of nitro benzene ring substituents is 1. The second kappa shape index (κ2) is 6.79. The van der Waals surface area contributed by atoms with E-state index in [1.54, 1.807) is 0 Å². The van der Waals surface area contributed by atoms with E-state index in [9.17, 15) is 34.9 Å². The first kappa shape index (κ1) is 18.5. The Kier molecular flexibility index (Phi) is 4.49. The van der Waals surface area contributed by atoms with Crippen molar-refractivity contribution in [2.75, 3.05) is 7.11 Å². The molecule has 0 saturated carbocycles. The van der Waals surface area contributed by atoms with E-state index in [4.69, 9.17) is 9.15 Å². The Morgan fingerprint density at radius 1 is 1.14 bits per heavy atom. The number of ether oxygens (including phenoxy) is 1. The van der Waals surface area contributed by atoms with Gasteiger partial charge in [0, 0.05) is 6.07 Å². The van der Waals surface area contributed by atoms with Gasteiger partial charge in [0.15, 0.2) is 5.58 Å². The Morgan fingerprint density at radius 3 is 2.43 bits per heavy atom. The van der Waals surface area contributed by atoms with Crippen molar-refractivity contribution >= 4 is 28.3 Å². The van der Waals surface area contributed by atoms with E-state index in [0.29, 0.717) is 0 Å². The molecule has 0 aliphatic heterocycles. The SMILES string of the molecule is COc1ccc([N+](=O)[O-])c(-c2oc3c(C(=O)O)cccc3c(=O)c2[N+](=O)[O-])c1. The molecule has 0 unspecified atom stereocenters. The zero-order valence-electron chi connectivity index (χ0n) is 14.1. The van der Waals surface area contributed by atoms with Crippen LogP contribution in [0.3, 0.4) is 0 Å². The van der Waals surface area contributed by atoms with E-state index >= 15 is 0 Å². The van der Waals surface area contributed by atoms with Crippen LogP contribution >= 0.6 is 0 Å². The van der Waals surface area contributed by atoms with Gasteiger partial charge in [0.25, 0.3) is 11.1 Å². The van der Waals surface area contributed by atoms with Crippen molar-refractivity contribution in [2.45, 2.75) is 0 Å². The third kappa shape index (κ3) is 2.90. The maximum atomic E-state index is 12.7. The van der Waals surface area contributed by atoms with Gasteiger partial charge in [-0.25, -0.2) is 4.79 Å². The minimum Gasteiger partial charge on any atom is -0.497 e. The Labute approximate surface area is 154 Å². The van der Waals surface area contributed by atoms with Gasteiger partial charge in [-0.3, -0.25) is 25.0 Å². The first-order valence-electron chi connectivity index (χ1n) is 7.56. The highest BCUT2D eigenvalue weighted by Gasteiger charge is 2.32. The molecule has 11 heteroatoms. The quantitative estimate of drug-likeness (QED) is 0.512. The van der Waals surface area contributed by atoms with E-state index in [1.165, 1.54) is 25.3 Å². The van der Waals surface area contributed by atoms with Crippen LogP contribution in [0, 0.1) is 20.2 Å². The molecular formula is C17H10N2O9. The molecule has 0 atom stereocenters. The number of carboxylic acid groups (broad SMARTS) is 1. The molecule has 1 aromatic heterocycles. The molecule has 142 valence electrons. The van der Waals surface area contributed by atoms with Gasteiger partial charge < -0.3 is 14.3 Å². The van der Waals surface area contributed by atoms with Crippen LogP contribution in [0.2, 0.25) is 0 Å². The summed E-state index contributed by atoms with van der Waals surface area (Å²) in [7, 11) is 1.28. The van der Waals surface area contributed by atoms with Gasteiger partial charge in [-0.15, -0.1) is 0 Å². The lowest BCUT2D eigenvalue weighted by atomic mass is 10.0. The molecule has 2 aromatic carbocycles. The summed E-state index contributed by atoms with van der Waals surface area (Å²) in [6.07, 6.45) is 0. The lowest BCUT2D eigenvalue weighted by molar-refractivity contribution is -0.387. The van der Waals surface area contributed by atoms with E-state index < -0.39 is 55.1 Å². The average Bonchev–Trinajstić information content (AvgIpc) is 2.66. The highest BCUT2D eigenvalue weighted by Crippen LogP contribution is 2.39. The van der Waals surface area contributed by atoms with Gasteiger partial charge in [0.1, 0.15) is 16.9 Å². The van der Waals surface area contributed by atoms with Crippen LogP contribution in [0.1, 0.15) is 10.4 Å². The van der Waals surface area contributed by atoms with Crippen LogP contribution in [-0.2, 0) is 0 Å². The number of methoxy groups -OCH3 is 1. The fourth-order valence-electron chi connectivity index (χ4n) is 2.71. The third-order valence-electron chi connectivity index (χ3n) is 3.95. The van der Waals surface area contributed by atoms with Crippen molar-refractivity contribution in [3.8, 4) is 17.1 Å². The summed E-state index contributed by atoms with van der Waals surface area (Å²) in [6, 6.07) is 6.94. The van der Waals surface area contributed by atoms with Gasteiger partial charge in [-0.05, 0) is 24.3 Å². The Hall–Kier alpha value is -4.28. The molecule has 28 heavy (non-hydrogen) atoms. The van der Waals surface area contributed by atoms with Crippen LogP contribution in [0.15, 0.2) is 45.6 Å². The van der Waals surface area contributed by atoms with Gasteiger partial charge >= 0.3 is 11.7 Å². The number of fused-ring (bicyclic) bond motifs is 1. The fourth-order valence-corrected chi connectivity index (χ4v) is 2.71. The summed E-state index contributed by atoms with van der Waals surface area (Å²) in [5, 5.41) is 31.9. The van der Waals surface area contributed by atoms with Gasteiger partial charge in [-0.2, -0.15) is 0 Å². The highest BCUT2D eigenvalue weighted by atomic mass is 16.6. The molecule has 0 aliphatic rings. The normalized spacial score (nSPS) is 10.6. The number of para-hydroxylation sites is 1. The van der Waals surface area contributed by atoms with Crippen molar-refractivity contribution in [3.05, 3.63) is 72.4 Å². The van der Waals surface area contributed by atoms with Gasteiger partial charge in [0.2, 0.25) is 5.76 Å². The Bertz CT molecular complexity index is 1210. The molecule has 11 nitrogen and oxygen atoms in total. The van der Waals surface area contributed by atoms with Crippen LogP contribution in [0.25, 0.3) is 22.3 Å². The van der Waals surface area contributed by atoms with E-state index in [2.05, 4.69) is 0 Å². The maximum absolute atomic E-state index is 12.7. The first-order chi connectivity index (χ1) is 13.3. The van der Waals surface area contributed by atoms with Crippen molar-refractivity contribution in [3.63, 3.8) is 0 Å². The number of hydrogen-bond acceptors (Lipinski definition) is 8. The number of benzene rings is 2. The van der Waals surface area contributed by atoms with Gasteiger partial charge in [-0.1, -0.05) is 6.07 Å². The summed E-state index contributed by atoms with van der Waals surface area (Å²) in [5.74, 6) is -2.06. The van der Waals surface area contributed by atoms with Crippen molar-refractivity contribution < 1.29 is 28.9 Å². The molecule has 0 radical (unpaired) electrons.